The molecule has 6 nitrogen and oxygen atoms in total. The molecular weight excluding hydrogens is 524 g/mol. The zero-order valence-electron chi connectivity index (χ0n) is 22.5. The largest absolute Gasteiger partial charge is 0.497 e. The Morgan fingerprint density at radius 2 is 1.43 bits per heavy atom. The standard InChI is InChI=1S/C33H33ClN2O4/c1-39-28-18-16-27(17-19-28)23-36(32(37)24-40-31-15-9-8-14-29(31)34)30(22-26-12-6-3-7-13-26)33(38)35-21-20-25-10-4-2-5-11-25/h2-19,30H,20-24H2,1H3,(H,35,38). The smallest absolute Gasteiger partial charge is 0.261 e. The van der Waals surface area contributed by atoms with Gasteiger partial charge < -0.3 is 19.7 Å². The maximum absolute atomic E-state index is 13.7. The molecule has 0 bridgehead atoms. The molecule has 0 heterocycles. The summed E-state index contributed by atoms with van der Waals surface area (Å²) in [5.74, 6) is 0.575. The molecule has 1 atom stereocenters. The van der Waals surface area contributed by atoms with E-state index in [4.69, 9.17) is 21.1 Å². The molecule has 0 spiro atoms. The molecule has 7 heteroatoms. The SMILES string of the molecule is COc1ccc(CN(C(=O)COc2ccccc2Cl)C(Cc2ccccc2)C(=O)NCCc2ccccc2)cc1. The fourth-order valence-electron chi connectivity index (χ4n) is 4.36. The molecule has 4 aromatic carbocycles. The second-order valence-electron chi connectivity index (χ2n) is 9.32. The number of nitrogens with one attached hydrogen (secondary N) is 1. The van der Waals surface area contributed by atoms with Crippen LogP contribution in [0.4, 0.5) is 0 Å². The summed E-state index contributed by atoms with van der Waals surface area (Å²) in [7, 11) is 1.60. The fourth-order valence-corrected chi connectivity index (χ4v) is 4.55. The summed E-state index contributed by atoms with van der Waals surface area (Å²) in [5.41, 5.74) is 2.94. The first-order valence-corrected chi connectivity index (χ1v) is 13.6. The first-order valence-electron chi connectivity index (χ1n) is 13.2. The Balaban J connectivity index is 1.58. The van der Waals surface area contributed by atoms with Crippen LogP contribution in [-0.2, 0) is 29.0 Å². The van der Waals surface area contributed by atoms with Crippen LogP contribution in [0.2, 0.25) is 5.02 Å². The summed E-state index contributed by atoms with van der Waals surface area (Å²) in [6.45, 7) is 0.412. The predicted molar refractivity (Wildman–Crippen MR) is 158 cm³/mol. The van der Waals surface area contributed by atoms with Crippen LogP contribution in [0, 0.1) is 0 Å². The number of hydrogen-bond donors (Lipinski definition) is 1. The van der Waals surface area contributed by atoms with Crippen molar-refractivity contribution in [1.29, 1.82) is 0 Å². The van der Waals surface area contributed by atoms with E-state index in [2.05, 4.69) is 5.32 Å². The van der Waals surface area contributed by atoms with Crippen LogP contribution in [0.25, 0.3) is 0 Å². The molecule has 0 aliphatic heterocycles. The minimum atomic E-state index is -0.761. The molecular formula is C33H33ClN2O4. The average Bonchev–Trinajstić information content (AvgIpc) is 2.99. The van der Waals surface area contributed by atoms with Crippen molar-refractivity contribution in [2.24, 2.45) is 0 Å². The highest BCUT2D eigenvalue weighted by molar-refractivity contribution is 6.32. The minimum Gasteiger partial charge on any atom is -0.497 e. The van der Waals surface area contributed by atoms with E-state index in [1.54, 1.807) is 36.3 Å². The van der Waals surface area contributed by atoms with E-state index in [0.29, 0.717) is 35.9 Å². The van der Waals surface area contributed by atoms with Crippen molar-refractivity contribution in [2.45, 2.75) is 25.4 Å². The summed E-state index contributed by atoms with van der Waals surface area (Å²) in [6, 6.07) is 33.4. The summed E-state index contributed by atoms with van der Waals surface area (Å²) >= 11 is 6.25. The molecule has 0 aliphatic rings. The van der Waals surface area contributed by atoms with Crippen molar-refractivity contribution in [1.82, 2.24) is 10.2 Å². The Morgan fingerprint density at radius 1 is 0.800 bits per heavy atom. The van der Waals surface area contributed by atoms with Gasteiger partial charge in [0.15, 0.2) is 6.61 Å². The van der Waals surface area contributed by atoms with Crippen molar-refractivity contribution in [3.05, 3.63) is 131 Å². The van der Waals surface area contributed by atoms with Gasteiger partial charge in [0.1, 0.15) is 17.5 Å². The molecule has 0 fully saturated rings. The predicted octanol–water partition coefficient (Wildman–Crippen LogP) is 5.73. The first kappa shape index (κ1) is 28.7. The molecule has 0 aliphatic carbocycles. The molecule has 2 amide bonds. The highest BCUT2D eigenvalue weighted by Gasteiger charge is 2.30. The normalized spacial score (nSPS) is 11.3. The van der Waals surface area contributed by atoms with Gasteiger partial charge in [-0.1, -0.05) is 96.5 Å². The van der Waals surface area contributed by atoms with Crippen LogP contribution >= 0.6 is 11.6 Å². The number of carbonyl (C=O) groups excluding carboxylic acids is 2. The van der Waals surface area contributed by atoms with Gasteiger partial charge in [0, 0.05) is 19.5 Å². The third kappa shape index (κ3) is 8.35. The highest BCUT2D eigenvalue weighted by Crippen LogP contribution is 2.24. The lowest BCUT2D eigenvalue weighted by atomic mass is 10.0. The van der Waals surface area contributed by atoms with Crippen molar-refractivity contribution in [2.75, 3.05) is 20.3 Å². The van der Waals surface area contributed by atoms with Gasteiger partial charge in [-0.3, -0.25) is 9.59 Å². The summed E-state index contributed by atoms with van der Waals surface area (Å²) in [4.78, 5) is 29.0. The summed E-state index contributed by atoms with van der Waals surface area (Å²) in [6.07, 6.45) is 1.04. The Bertz CT molecular complexity index is 1360. The average molecular weight is 557 g/mol. The van der Waals surface area contributed by atoms with E-state index in [1.165, 1.54) is 0 Å². The number of methoxy groups -OCH3 is 1. The quantitative estimate of drug-likeness (QED) is 0.228. The molecule has 4 aromatic rings. The molecule has 0 saturated carbocycles. The van der Waals surface area contributed by atoms with Gasteiger partial charge in [-0.25, -0.2) is 0 Å². The van der Waals surface area contributed by atoms with Crippen LogP contribution < -0.4 is 14.8 Å². The molecule has 4 rings (SSSR count). The number of amides is 2. The van der Waals surface area contributed by atoms with Gasteiger partial charge in [-0.05, 0) is 47.4 Å². The van der Waals surface area contributed by atoms with Crippen LogP contribution in [-0.4, -0.2) is 43.0 Å². The van der Waals surface area contributed by atoms with Crippen molar-refractivity contribution < 1.29 is 19.1 Å². The second kappa shape index (κ2) is 14.8. The molecule has 1 unspecified atom stereocenters. The van der Waals surface area contributed by atoms with Crippen molar-refractivity contribution in [3.8, 4) is 11.5 Å². The van der Waals surface area contributed by atoms with Gasteiger partial charge in [0.25, 0.3) is 5.91 Å². The first-order chi connectivity index (χ1) is 19.5. The number of benzene rings is 4. The van der Waals surface area contributed by atoms with E-state index in [-0.39, 0.29) is 25.0 Å². The molecule has 0 saturated heterocycles. The number of carbonyl (C=O) groups is 2. The van der Waals surface area contributed by atoms with Crippen LogP contribution in [0.1, 0.15) is 16.7 Å². The van der Waals surface area contributed by atoms with E-state index in [9.17, 15) is 9.59 Å². The molecule has 0 radical (unpaired) electrons. The lowest BCUT2D eigenvalue weighted by Gasteiger charge is -2.31. The van der Waals surface area contributed by atoms with Crippen molar-refractivity contribution in [3.63, 3.8) is 0 Å². The van der Waals surface area contributed by atoms with E-state index >= 15 is 0 Å². The van der Waals surface area contributed by atoms with Gasteiger partial charge in [-0.15, -0.1) is 0 Å². The number of ether oxygens (including phenoxy) is 2. The lowest BCUT2D eigenvalue weighted by molar-refractivity contribution is -0.142. The highest BCUT2D eigenvalue weighted by atomic mass is 35.5. The second-order valence-corrected chi connectivity index (χ2v) is 9.73. The zero-order chi connectivity index (χ0) is 28.2. The van der Waals surface area contributed by atoms with E-state index in [1.807, 2.05) is 84.9 Å². The van der Waals surface area contributed by atoms with Gasteiger partial charge >= 0.3 is 0 Å². The van der Waals surface area contributed by atoms with E-state index < -0.39 is 6.04 Å². The van der Waals surface area contributed by atoms with Crippen LogP contribution in [0.5, 0.6) is 11.5 Å². The molecule has 40 heavy (non-hydrogen) atoms. The third-order valence-corrected chi connectivity index (χ3v) is 6.84. The number of nitrogens with zero attached hydrogens (tertiary/aromatic N) is 1. The monoisotopic (exact) mass is 556 g/mol. The Labute approximate surface area is 240 Å². The maximum atomic E-state index is 13.7. The summed E-state index contributed by atoms with van der Waals surface area (Å²) in [5, 5.41) is 3.47. The zero-order valence-corrected chi connectivity index (χ0v) is 23.2. The van der Waals surface area contributed by atoms with Gasteiger partial charge in [0.2, 0.25) is 5.91 Å². The maximum Gasteiger partial charge on any atom is 0.261 e. The third-order valence-electron chi connectivity index (χ3n) is 6.53. The fraction of sp³-hybridized carbons (Fsp3) is 0.212. The number of rotatable bonds is 13. The Kier molecular flexibility index (Phi) is 10.6. The van der Waals surface area contributed by atoms with Gasteiger partial charge in [0.05, 0.1) is 12.1 Å². The minimum absolute atomic E-state index is 0.221. The lowest BCUT2D eigenvalue weighted by Crippen LogP contribution is -2.52. The molecule has 0 aromatic heterocycles. The van der Waals surface area contributed by atoms with Crippen LogP contribution in [0.3, 0.4) is 0 Å². The van der Waals surface area contributed by atoms with E-state index in [0.717, 1.165) is 16.7 Å². The Morgan fingerprint density at radius 3 is 2.08 bits per heavy atom. The van der Waals surface area contributed by atoms with Crippen LogP contribution in [0.15, 0.2) is 109 Å². The molecule has 1 N–H and O–H groups in total. The Hall–Kier alpha value is -4.29. The topological polar surface area (TPSA) is 67.9 Å². The number of hydrogen-bond acceptors (Lipinski definition) is 4. The number of para-hydroxylation sites is 1. The summed E-state index contributed by atoms with van der Waals surface area (Å²) < 4.78 is 11.1. The number of halogens is 1. The van der Waals surface area contributed by atoms with Crippen molar-refractivity contribution >= 4 is 23.4 Å². The van der Waals surface area contributed by atoms with Gasteiger partial charge in [-0.2, -0.15) is 0 Å². The molecule has 206 valence electrons.